The summed E-state index contributed by atoms with van der Waals surface area (Å²) in [6.07, 6.45) is 1.36. The van der Waals surface area contributed by atoms with E-state index in [1.807, 2.05) is 0 Å². The van der Waals surface area contributed by atoms with E-state index in [0.717, 1.165) is 11.3 Å². The Morgan fingerprint density at radius 1 is 1.35 bits per heavy atom. The van der Waals surface area contributed by atoms with Crippen LogP contribution in [0.25, 0.3) is 10.2 Å². The van der Waals surface area contributed by atoms with Gasteiger partial charge in [0.15, 0.2) is 0 Å². The van der Waals surface area contributed by atoms with E-state index in [-0.39, 0.29) is 22.3 Å². The second kappa shape index (κ2) is 6.06. The molecule has 0 aliphatic rings. The van der Waals surface area contributed by atoms with Crippen molar-refractivity contribution in [3.05, 3.63) is 11.2 Å². The number of methoxy groups -OCH3 is 2. The molecule has 106 valence electrons. The second-order valence-corrected chi connectivity index (χ2v) is 5.52. The Kier molecular flexibility index (Phi) is 4.40. The number of thioether (sulfide) groups is 1. The van der Waals surface area contributed by atoms with Gasteiger partial charge in [0, 0.05) is 0 Å². The van der Waals surface area contributed by atoms with Gasteiger partial charge in [-0.3, -0.25) is 4.79 Å². The highest BCUT2D eigenvalue weighted by atomic mass is 32.2. The Hall–Kier alpha value is -1.87. The van der Waals surface area contributed by atoms with Crippen LogP contribution in [0.1, 0.15) is 9.67 Å². The molecule has 0 aliphatic heterocycles. The minimum absolute atomic E-state index is 0.103. The molecule has 20 heavy (non-hydrogen) atoms. The summed E-state index contributed by atoms with van der Waals surface area (Å²) in [4.78, 5) is 31.8. The van der Waals surface area contributed by atoms with Crippen LogP contribution < -0.4 is 5.73 Å². The molecule has 0 bridgehead atoms. The van der Waals surface area contributed by atoms with Crippen LogP contribution in [0.3, 0.4) is 0 Å². The molecular weight excluding hydrogens is 302 g/mol. The van der Waals surface area contributed by atoms with Crippen molar-refractivity contribution in [3.8, 4) is 0 Å². The largest absolute Gasteiger partial charge is 0.468 e. The Balaban J connectivity index is 2.43. The molecule has 0 amide bonds. The number of nitrogen functional groups attached to an aromatic ring is 1. The number of carbonyl (C=O) groups is 2. The van der Waals surface area contributed by atoms with Gasteiger partial charge < -0.3 is 15.2 Å². The van der Waals surface area contributed by atoms with Crippen molar-refractivity contribution in [1.82, 2.24) is 9.97 Å². The van der Waals surface area contributed by atoms with Crippen LogP contribution in [0.4, 0.5) is 5.69 Å². The lowest BCUT2D eigenvalue weighted by Gasteiger charge is -2.02. The van der Waals surface area contributed by atoms with Crippen LogP contribution in [0.15, 0.2) is 11.4 Å². The average Bonchev–Trinajstić information content (AvgIpc) is 2.81. The summed E-state index contributed by atoms with van der Waals surface area (Å²) in [5.74, 6) is -0.788. The zero-order valence-corrected chi connectivity index (χ0v) is 12.3. The van der Waals surface area contributed by atoms with Gasteiger partial charge in [0.05, 0.1) is 31.0 Å². The van der Waals surface area contributed by atoms with Crippen molar-refractivity contribution in [1.29, 1.82) is 0 Å². The van der Waals surface area contributed by atoms with Gasteiger partial charge in [0.25, 0.3) is 0 Å². The van der Waals surface area contributed by atoms with Gasteiger partial charge in [0.1, 0.15) is 21.1 Å². The normalized spacial score (nSPS) is 10.5. The van der Waals surface area contributed by atoms with Crippen molar-refractivity contribution in [3.63, 3.8) is 0 Å². The summed E-state index contributed by atoms with van der Waals surface area (Å²) in [6.45, 7) is 0. The molecule has 2 heterocycles. The fraction of sp³-hybridized carbons (Fsp3) is 0.273. The zero-order valence-electron chi connectivity index (χ0n) is 10.7. The summed E-state index contributed by atoms with van der Waals surface area (Å²) in [7, 11) is 2.59. The van der Waals surface area contributed by atoms with Gasteiger partial charge in [-0.25, -0.2) is 14.8 Å². The molecular formula is C11H11N3O4S2. The lowest BCUT2D eigenvalue weighted by atomic mass is 10.3. The number of esters is 2. The van der Waals surface area contributed by atoms with Gasteiger partial charge in [-0.05, 0) is 0 Å². The molecule has 0 spiro atoms. The predicted octanol–water partition coefficient (Wildman–Crippen LogP) is 1.33. The minimum Gasteiger partial charge on any atom is -0.468 e. The van der Waals surface area contributed by atoms with Gasteiger partial charge in [0.2, 0.25) is 0 Å². The lowest BCUT2D eigenvalue weighted by molar-refractivity contribution is -0.137. The smallest absolute Gasteiger partial charge is 0.350 e. The molecule has 9 heteroatoms. The number of hydrogen-bond acceptors (Lipinski definition) is 9. The maximum Gasteiger partial charge on any atom is 0.350 e. The summed E-state index contributed by atoms with van der Waals surface area (Å²) in [6, 6.07) is 0. The highest BCUT2D eigenvalue weighted by Gasteiger charge is 2.21. The number of carbonyl (C=O) groups excluding carboxylic acids is 2. The summed E-state index contributed by atoms with van der Waals surface area (Å²) < 4.78 is 9.23. The van der Waals surface area contributed by atoms with Crippen molar-refractivity contribution in [2.24, 2.45) is 0 Å². The highest BCUT2D eigenvalue weighted by molar-refractivity contribution is 8.00. The van der Waals surface area contributed by atoms with E-state index in [1.165, 1.54) is 32.3 Å². The van der Waals surface area contributed by atoms with E-state index in [1.54, 1.807) is 0 Å². The van der Waals surface area contributed by atoms with Crippen molar-refractivity contribution in [2.75, 3.05) is 25.7 Å². The van der Waals surface area contributed by atoms with Crippen LogP contribution in [0, 0.1) is 0 Å². The number of nitrogens with zero attached hydrogens (tertiary/aromatic N) is 2. The van der Waals surface area contributed by atoms with E-state index in [0.29, 0.717) is 15.2 Å². The Bertz CT molecular complexity index is 671. The van der Waals surface area contributed by atoms with Crippen LogP contribution in [0.2, 0.25) is 0 Å². The molecule has 0 saturated carbocycles. The molecule has 0 fully saturated rings. The minimum atomic E-state index is -0.519. The molecule has 0 radical (unpaired) electrons. The molecule has 0 atom stereocenters. The Morgan fingerprint density at radius 2 is 2.10 bits per heavy atom. The van der Waals surface area contributed by atoms with E-state index in [9.17, 15) is 9.59 Å². The molecule has 2 N–H and O–H groups in total. The van der Waals surface area contributed by atoms with Crippen molar-refractivity contribution in [2.45, 2.75) is 5.03 Å². The molecule has 2 aromatic heterocycles. The van der Waals surface area contributed by atoms with Gasteiger partial charge in [-0.15, -0.1) is 11.3 Å². The van der Waals surface area contributed by atoms with Crippen LogP contribution in [-0.4, -0.2) is 41.9 Å². The maximum atomic E-state index is 11.6. The van der Waals surface area contributed by atoms with E-state index < -0.39 is 5.97 Å². The number of anilines is 1. The molecule has 0 unspecified atom stereocenters. The first kappa shape index (κ1) is 14.5. The third-order valence-electron chi connectivity index (χ3n) is 2.42. The van der Waals surface area contributed by atoms with E-state index >= 15 is 0 Å². The number of rotatable bonds is 4. The number of fused-ring (bicyclic) bond motifs is 1. The number of hydrogen-bond donors (Lipinski definition) is 1. The van der Waals surface area contributed by atoms with Crippen LogP contribution in [0.5, 0.6) is 0 Å². The second-order valence-electron chi connectivity index (χ2n) is 3.56. The third-order valence-corrected chi connectivity index (χ3v) is 4.47. The monoisotopic (exact) mass is 313 g/mol. The van der Waals surface area contributed by atoms with Crippen LogP contribution >= 0.6 is 23.1 Å². The first-order chi connectivity index (χ1) is 9.58. The number of aromatic nitrogens is 2. The fourth-order valence-electron chi connectivity index (χ4n) is 1.47. The quantitative estimate of drug-likeness (QED) is 0.512. The van der Waals surface area contributed by atoms with E-state index in [2.05, 4.69) is 19.4 Å². The standard InChI is InChI=1S/C11H11N3O4S2/c1-17-5(15)3-19-9-6-7(12)8(11(16)18-2)20-10(6)14-4-13-9/h4H,3,12H2,1-2H3. The summed E-state index contributed by atoms with van der Waals surface area (Å²) in [5.41, 5.74) is 6.22. The maximum absolute atomic E-state index is 11.6. The molecule has 7 nitrogen and oxygen atoms in total. The first-order valence-corrected chi connectivity index (χ1v) is 7.19. The Labute approximate surface area is 122 Å². The predicted molar refractivity (Wildman–Crippen MR) is 75.9 cm³/mol. The molecule has 0 aromatic carbocycles. The molecule has 0 saturated heterocycles. The van der Waals surface area contributed by atoms with Crippen LogP contribution in [-0.2, 0) is 14.3 Å². The molecule has 0 aliphatic carbocycles. The SMILES string of the molecule is COC(=O)CSc1ncnc2sc(C(=O)OC)c(N)c12. The zero-order chi connectivity index (χ0) is 14.7. The molecule has 2 rings (SSSR count). The summed E-state index contributed by atoms with van der Waals surface area (Å²) >= 11 is 2.31. The number of ether oxygens (including phenoxy) is 2. The Morgan fingerprint density at radius 3 is 2.75 bits per heavy atom. The highest BCUT2D eigenvalue weighted by Crippen LogP contribution is 2.37. The lowest BCUT2D eigenvalue weighted by Crippen LogP contribution is -2.04. The fourth-order valence-corrected chi connectivity index (χ4v) is 3.36. The number of thiophene rings is 1. The van der Waals surface area contributed by atoms with Crippen molar-refractivity contribution >= 4 is 50.9 Å². The topological polar surface area (TPSA) is 104 Å². The van der Waals surface area contributed by atoms with E-state index in [4.69, 9.17) is 5.73 Å². The van der Waals surface area contributed by atoms with Gasteiger partial charge in [-0.1, -0.05) is 11.8 Å². The number of nitrogens with two attached hydrogens (primary N) is 1. The van der Waals surface area contributed by atoms with Gasteiger partial charge in [-0.2, -0.15) is 0 Å². The van der Waals surface area contributed by atoms with Gasteiger partial charge >= 0.3 is 11.9 Å². The molecule has 2 aromatic rings. The third kappa shape index (κ3) is 2.68. The average molecular weight is 313 g/mol. The summed E-state index contributed by atoms with van der Waals surface area (Å²) in [5, 5.41) is 1.09. The van der Waals surface area contributed by atoms with Crippen molar-refractivity contribution < 1.29 is 19.1 Å². The first-order valence-electron chi connectivity index (χ1n) is 5.39.